The van der Waals surface area contributed by atoms with Crippen LogP contribution in [0, 0.1) is 11.8 Å². The predicted molar refractivity (Wildman–Crippen MR) is 94.0 cm³/mol. The fourth-order valence-corrected chi connectivity index (χ4v) is 3.89. The quantitative estimate of drug-likeness (QED) is 0.865. The van der Waals surface area contributed by atoms with Gasteiger partial charge in [0.1, 0.15) is 0 Å². The summed E-state index contributed by atoms with van der Waals surface area (Å²) in [7, 11) is 0. The summed E-state index contributed by atoms with van der Waals surface area (Å²) in [6.07, 6.45) is 5.09. The Bertz CT molecular complexity index is 604. The van der Waals surface area contributed by atoms with Crippen LogP contribution in [-0.4, -0.2) is 29.3 Å². The maximum Gasteiger partial charge on any atom is 0.228 e. The number of nitrogens with one attached hydrogen (secondary N) is 1. The standard InChI is InChI=1S/C18H23BrN2O2/c1-2-14-8-3-4-9-21(14)18(23)16-11-15(16)17(22)20-13-7-5-6-12(19)10-13/h5-7,10,14-16H,2-4,8-9,11H2,1H3,(H,20,22). The lowest BCUT2D eigenvalue weighted by Crippen LogP contribution is -2.44. The molecule has 1 aromatic carbocycles. The molecule has 2 fully saturated rings. The fraction of sp³-hybridized carbons (Fsp3) is 0.556. The monoisotopic (exact) mass is 378 g/mol. The summed E-state index contributed by atoms with van der Waals surface area (Å²) in [5, 5.41) is 2.92. The van der Waals surface area contributed by atoms with Crippen LogP contribution in [0.2, 0.25) is 0 Å². The second-order valence-corrected chi connectivity index (χ2v) is 7.45. The van der Waals surface area contributed by atoms with Crippen molar-refractivity contribution >= 4 is 33.4 Å². The minimum Gasteiger partial charge on any atom is -0.339 e. The van der Waals surface area contributed by atoms with Crippen molar-refractivity contribution < 1.29 is 9.59 Å². The van der Waals surface area contributed by atoms with Crippen LogP contribution in [0.4, 0.5) is 5.69 Å². The number of rotatable bonds is 4. The van der Waals surface area contributed by atoms with Gasteiger partial charge in [-0.05, 0) is 50.3 Å². The Labute approximate surface area is 145 Å². The molecular weight excluding hydrogens is 356 g/mol. The molecule has 1 aliphatic carbocycles. The molecule has 0 bridgehead atoms. The Hall–Kier alpha value is -1.36. The van der Waals surface area contributed by atoms with E-state index in [1.54, 1.807) is 0 Å². The molecule has 3 rings (SSSR count). The third kappa shape index (κ3) is 3.77. The summed E-state index contributed by atoms with van der Waals surface area (Å²) < 4.78 is 0.929. The number of piperidine rings is 1. The minimum absolute atomic E-state index is 0.0356. The highest BCUT2D eigenvalue weighted by atomic mass is 79.9. The van der Waals surface area contributed by atoms with Crippen LogP contribution >= 0.6 is 15.9 Å². The zero-order chi connectivity index (χ0) is 16.4. The van der Waals surface area contributed by atoms with Gasteiger partial charge in [-0.3, -0.25) is 9.59 Å². The number of benzene rings is 1. The van der Waals surface area contributed by atoms with E-state index in [4.69, 9.17) is 0 Å². The van der Waals surface area contributed by atoms with Crippen molar-refractivity contribution in [2.45, 2.75) is 45.1 Å². The molecule has 1 aliphatic heterocycles. The zero-order valence-electron chi connectivity index (χ0n) is 13.4. The fourth-order valence-electron chi connectivity index (χ4n) is 3.49. The van der Waals surface area contributed by atoms with E-state index in [0.717, 1.165) is 36.0 Å². The molecule has 5 heteroatoms. The summed E-state index contributed by atoms with van der Waals surface area (Å²) in [6.45, 7) is 2.99. The zero-order valence-corrected chi connectivity index (χ0v) is 15.0. The maximum absolute atomic E-state index is 12.7. The van der Waals surface area contributed by atoms with Gasteiger partial charge in [0, 0.05) is 22.7 Å². The van der Waals surface area contributed by atoms with Gasteiger partial charge in [0.25, 0.3) is 0 Å². The molecular formula is C18H23BrN2O2. The first-order chi connectivity index (χ1) is 11.1. The van der Waals surface area contributed by atoms with Crippen molar-refractivity contribution in [3.63, 3.8) is 0 Å². The molecule has 124 valence electrons. The average Bonchev–Trinajstić information content (AvgIpc) is 3.35. The van der Waals surface area contributed by atoms with Crippen molar-refractivity contribution in [1.29, 1.82) is 0 Å². The number of hydrogen-bond acceptors (Lipinski definition) is 2. The Morgan fingerprint density at radius 2 is 2.13 bits per heavy atom. The lowest BCUT2D eigenvalue weighted by Gasteiger charge is -2.35. The van der Waals surface area contributed by atoms with Crippen molar-refractivity contribution in [2.24, 2.45) is 11.8 Å². The van der Waals surface area contributed by atoms with Gasteiger partial charge in [0.15, 0.2) is 0 Å². The van der Waals surface area contributed by atoms with Crippen LogP contribution in [0.25, 0.3) is 0 Å². The number of likely N-dealkylation sites (tertiary alicyclic amines) is 1. The van der Waals surface area contributed by atoms with Crippen LogP contribution < -0.4 is 5.32 Å². The third-order valence-corrected chi connectivity index (χ3v) is 5.41. The van der Waals surface area contributed by atoms with E-state index in [1.165, 1.54) is 6.42 Å². The number of halogens is 1. The van der Waals surface area contributed by atoms with Crippen molar-refractivity contribution in [1.82, 2.24) is 4.90 Å². The number of carbonyl (C=O) groups is 2. The smallest absolute Gasteiger partial charge is 0.228 e. The van der Waals surface area contributed by atoms with Gasteiger partial charge in [0.2, 0.25) is 11.8 Å². The Kier molecular flexibility index (Phi) is 5.05. The second-order valence-electron chi connectivity index (χ2n) is 6.54. The summed E-state index contributed by atoms with van der Waals surface area (Å²) in [5.41, 5.74) is 0.770. The molecule has 0 radical (unpaired) electrons. The number of amides is 2. The topological polar surface area (TPSA) is 49.4 Å². The first-order valence-corrected chi connectivity index (χ1v) is 9.26. The van der Waals surface area contributed by atoms with Gasteiger partial charge in [-0.15, -0.1) is 0 Å². The van der Waals surface area contributed by atoms with Gasteiger partial charge >= 0.3 is 0 Å². The molecule has 3 unspecified atom stereocenters. The van der Waals surface area contributed by atoms with Crippen LogP contribution in [0.3, 0.4) is 0 Å². The normalized spacial score (nSPS) is 26.7. The summed E-state index contributed by atoms with van der Waals surface area (Å²) in [5.74, 6) is -0.132. The minimum atomic E-state index is -0.166. The Balaban J connectivity index is 1.57. The molecule has 3 atom stereocenters. The van der Waals surface area contributed by atoms with Crippen LogP contribution in [0.1, 0.15) is 39.0 Å². The first kappa shape index (κ1) is 16.5. The van der Waals surface area contributed by atoms with E-state index in [0.29, 0.717) is 12.5 Å². The third-order valence-electron chi connectivity index (χ3n) is 4.92. The molecule has 0 spiro atoms. The van der Waals surface area contributed by atoms with Crippen LogP contribution in [0.15, 0.2) is 28.7 Å². The molecule has 1 aromatic rings. The van der Waals surface area contributed by atoms with Gasteiger partial charge < -0.3 is 10.2 Å². The highest BCUT2D eigenvalue weighted by Crippen LogP contribution is 2.42. The van der Waals surface area contributed by atoms with Gasteiger partial charge in [-0.25, -0.2) is 0 Å². The lowest BCUT2D eigenvalue weighted by atomic mass is 9.99. The van der Waals surface area contributed by atoms with Gasteiger partial charge in [-0.2, -0.15) is 0 Å². The van der Waals surface area contributed by atoms with E-state index < -0.39 is 0 Å². The predicted octanol–water partition coefficient (Wildman–Crippen LogP) is 3.81. The molecule has 1 saturated carbocycles. The molecule has 4 nitrogen and oxygen atoms in total. The SMILES string of the molecule is CCC1CCCCN1C(=O)C1CC1C(=O)Nc1cccc(Br)c1. The van der Waals surface area contributed by atoms with E-state index in [2.05, 4.69) is 28.2 Å². The summed E-state index contributed by atoms with van der Waals surface area (Å²) in [4.78, 5) is 27.1. The average molecular weight is 379 g/mol. The van der Waals surface area contributed by atoms with Crippen molar-refractivity contribution in [2.75, 3.05) is 11.9 Å². The van der Waals surface area contributed by atoms with Crippen LogP contribution in [0.5, 0.6) is 0 Å². The number of nitrogens with zero attached hydrogens (tertiary/aromatic N) is 1. The maximum atomic E-state index is 12.7. The Morgan fingerprint density at radius 1 is 1.30 bits per heavy atom. The highest BCUT2D eigenvalue weighted by Gasteiger charge is 2.50. The molecule has 23 heavy (non-hydrogen) atoms. The van der Waals surface area contributed by atoms with Gasteiger partial charge in [-0.1, -0.05) is 28.9 Å². The van der Waals surface area contributed by atoms with Crippen molar-refractivity contribution in [3.8, 4) is 0 Å². The highest BCUT2D eigenvalue weighted by molar-refractivity contribution is 9.10. The summed E-state index contributed by atoms with van der Waals surface area (Å²) in [6, 6.07) is 7.90. The van der Waals surface area contributed by atoms with E-state index >= 15 is 0 Å². The molecule has 1 N–H and O–H groups in total. The molecule has 2 aliphatic rings. The van der Waals surface area contributed by atoms with E-state index in [9.17, 15) is 9.59 Å². The molecule has 2 amide bonds. The van der Waals surface area contributed by atoms with Gasteiger partial charge in [0.05, 0.1) is 11.8 Å². The summed E-state index contributed by atoms with van der Waals surface area (Å²) >= 11 is 3.39. The van der Waals surface area contributed by atoms with E-state index in [1.807, 2.05) is 29.2 Å². The lowest BCUT2D eigenvalue weighted by molar-refractivity contribution is -0.137. The van der Waals surface area contributed by atoms with E-state index in [-0.39, 0.29) is 23.7 Å². The molecule has 1 heterocycles. The second kappa shape index (κ2) is 7.04. The van der Waals surface area contributed by atoms with Crippen molar-refractivity contribution in [3.05, 3.63) is 28.7 Å². The van der Waals surface area contributed by atoms with Crippen LogP contribution in [-0.2, 0) is 9.59 Å². The Morgan fingerprint density at radius 3 is 2.87 bits per heavy atom. The number of hydrogen-bond donors (Lipinski definition) is 1. The number of anilines is 1. The molecule has 1 saturated heterocycles. The largest absolute Gasteiger partial charge is 0.339 e. The first-order valence-electron chi connectivity index (χ1n) is 8.47. The molecule has 0 aromatic heterocycles. The number of carbonyl (C=O) groups excluding carboxylic acids is 2.